The fraction of sp³-hybridized carbons (Fsp3) is 0.300. The topological polar surface area (TPSA) is 140 Å². The Kier molecular flexibility index (Phi) is 6.35. The zero-order valence-corrected chi connectivity index (χ0v) is 18.6. The van der Waals surface area contributed by atoms with Gasteiger partial charge >= 0.3 is 0 Å². The second-order valence-corrected chi connectivity index (χ2v) is 10.1. The summed E-state index contributed by atoms with van der Waals surface area (Å²) in [6.45, 7) is -0.377. The van der Waals surface area contributed by atoms with Gasteiger partial charge in [0.1, 0.15) is 17.0 Å². The number of nitrogens with one attached hydrogen (secondary N) is 1. The number of benzene rings is 1. The molecule has 0 radical (unpaired) electrons. The number of anilines is 1. The Hall–Kier alpha value is -3.09. The maximum absolute atomic E-state index is 12.9. The van der Waals surface area contributed by atoms with Crippen LogP contribution >= 0.6 is 11.3 Å². The van der Waals surface area contributed by atoms with Crippen molar-refractivity contribution in [2.45, 2.75) is 23.0 Å². The van der Waals surface area contributed by atoms with E-state index in [1.54, 1.807) is 12.1 Å². The number of pyridine rings is 1. The van der Waals surface area contributed by atoms with Crippen LogP contribution < -0.4 is 10.1 Å². The second kappa shape index (κ2) is 9.18. The van der Waals surface area contributed by atoms with E-state index in [1.165, 1.54) is 31.4 Å². The Morgan fingerprint density at radius 2 is 1.97 bits per heavy atom. The molecule has 2 aromatic heterocycles. The van der Waals surface area contributed by atoms with Gasteiger partial charge in [0.25, 0.3) is 5.91 Å². The van der Waals surface area contributed by atoms with E-state index in [0.717, 1.165) is 11.3 Å². The van der Waals surface area contributed by atoms with E-state index in [9.17, 15) is 13.2 Å². The molecule has 1 saturated carbocycles. The van der Waals surface area contributed by atoms with Crippen LogP contribution in [0.5, 0.6) is 5.88 Å². The summed E-state index contributed by atoms with van der Waals surface area (Å²) in [6.07, 6.45) is 1.33. The molecule has 0 bridgehead atoms. The van der Waals surface area contributed by atoms with E-state index < -0.39 is 15.7 Å². The van der Waals surface area contributed by atoms with Gasteiger partial charge in [0.15, 0.2) is 20.7 Å². The first-order chi connectivity index (χ1) is 15.4. The fourth-order valence-corrected chi connectivity index (χ4v) is 5.35. The fourth-order valence-electron chi connectivity index (χ4n) is 2.87. The molecule has 10 nitrogen and oxygen atoms in total. The van der Waals surface area contributed by atoms with E-state index in [0.29, 0.717) is 39.8 Å². The third-order valence-corrected chi connectivity index (χ3v) is 7.79. The minimum absolute atomic E-state index is 0.0846. The van der Waals surface area contributed by atoms with Crippen LogP contribution in [0.15, 0.2) is 46.4 Å². The molecule has 12 heteroatoms. The molecule has 0 aliphatic heterocycles. The number of carbonyl (C=O) groups is 1. The summed E-state index contributed by atoms with van der Waals surface area (Å²) in [5, 5.41) is 15.4. The Morgan fingerprint density at radius 3 is 2.62 bits per heavy atom. The molecule has 168 valence electrons. The van der Waals surface area contributed by atoms with Crippen molar-refractivity contribution in [1.29, 1.82) is 0 Å². The molecule has 0 spiro atoms. The van der Waals surface area contributed by atoms with Crippen LogP contribution in [0.3, 0.4) is 0 Å². The van der Waals surface area contributed by atoms with E-state index in [-0.39, 0.29) is 29.1 Å². The molecule has 1 aliphatic carbocycles. The van der Waals surface area contributed by atoms with Crippen LogP contribution in [-0.2, 0) is 19.5 Å². The molecule has 1 fully saturated rings. The standard InChI is InChI=1S/C20H20N4O6S2/c1-29-16-9-8-15-19(22-16)31-20(21-15)23-18(26)17(24-30-11-10-25)12-2-4-13(5-3-12)32(27,28)14-6-7-14/h2-5,8-9,14,25H,6-7,10-11H2,1H3,(H,21,23,26). The Labute approximate surface area is 187 Å². The number of ether oxygens (including phenoxy) is 1. The number of oxime groups is 1. The summed E-state index contributed by atoms with van der Waals surface area (Å²) in [5.74, 6) is -0.174. The molecule has 4 rings (SSSR count). The number of hydrogen-bond acceptors (Lipinski definition) is 10. The van der Waals surface area contributed by atoms with Gasteiger partial charge in [-0.3, -0.25) is 10.1 Å². The van der Waals surface area contributed by atoms with Crippen LogP contribution in [0.4, 0.5) is 5.13 Å². The molecular formula is C20H20N4O6S2. The molecule has 1 amide bonds. The van der Waals surface area contributed by atoms with Gasteiger partial charge in [-0.25, -0.2) is 18.4 Å². The van der Waals surface area contributed by atoms with Crippen molar-refractivity contribution in [1.82, 2.24) is 9.97 Å². The monoisotopic (exact) mass is 476 g/mol. The van der Waals surface area contributed by atoms with Gasteiger partial charge in [0, 0.05) is 11.6 Å². The molecule has 1 aromatic carbocycles. The number of fused-ring (bicyclic) bond motifs is 1. The van der Waals surface area contributed by atoms with Crippen LogP contribution in [0, 0.1) is 0 Å². The lowest BCUT2D eigenvalue weighted by Gasteiger charge is -2.08. The number of carbonyl (C=O) groups excluding carboxylic acids is 1. The zero-order valence-electron chi connectivity index (χ0n) is 17.0. The van der Waals surface area contributed by atoms with Crippen molar-refractivity contribution in [3.8, 4) is 5.88 Å². The minimum atomic E-state index is -3.35. The van der Waals surface area contributed by atoms with Crippen molar-refractivity contribution in [3.05, 3.63) is 42.0 Å². The lowest BCUT2D eigenvalue weighted by atomic mass is 10.1. The van der Waals surface area contributed by atoms with Crippen molar-refractivity contribution in [2.75, 3.05) is 25.6 Å². The summed E-state index contributed by atoms with van der Waals surface area (Å²) >= 11 is 1.16. The number of nitrogens with zero attached hydrogens (tertiary/aromatic N) is 3. The van der Waals surface area contributed by atoms with Crippen molar-refractivity contribution in [3.63, 3.8) is 0 Å². The average Bonchev–Trinajstić information content (AvgIpc) is 3.58. The van der Waals surface area contributed by atoms with Crippen LogP contribution in [0.1, 0.15) is 18.4 Å². The number of sulfone groups is 1. The SMILES string of the molecule is COc1ccc2nc(NC(=O)C(=NOCCO)c3ccc(S(=O)(=O)C4CC4)cc3)sc2n1. The quantitative estimate of drug-likeness (QED) is 0.271. The molecule has 2 heterocycles. The van der Waals surface area contributed by atoms with Crippen molar-refractivity contribution >= 4 is 48.3 Å². The molecule has 3 aromatic rings. The average molecular weight is 477 g/mol. The van der Waals surface area contributed by atoms with Gasteiger partial charge in [0.2, 0.25) is 5.88 Å². The third kappa shape index (κ3) is 4.71. The molecule has 1 aliphatic rings. The Morgan fingerprint density at radius 1 is 1.22 bits per heavy atom. The minimum Gasteiger partial charge on any atom is -0.481 e. The largest absolute Gasteiger partial charge is 0.481 e. The maximum atomic E-state index is 12.9. The van der Waals surface area contributed by atoms with Crippen LogP contribution in [0.2, 0.25) is 0 Å². The van der Waals surface area contributed by atoms with E-state index >= 15 is 0 Å². The number of aliphatic hydroxyl groups is 1. The summed E-state index contributed by atoms with van der Waals surface area (Å²) in [5.41, 5.74) is 0.866. The lowest BCUT2D eigenvalue weighted by Crippen LogP contribution is -2.24. The first kappa shape index (κ1) is 22.1. The Balaban J connectivity index is 1.58. The van der Waals surface area contributed by atoms with Crippen molar-refractivity contribution < 1.29 is 27.9 Å². The first-order valence-corrected chi connectivity index (χ1v) is 12.1. The molecule has 0 atom stereocenters. The predicted octanol–water partition coefficient (Wildman–Crippen LogP) is 1.99. The van der Waals surface area contributed by atoms with Gasteiger partial charge in [-0.15, -0.1) is 0 Å². The number of rotatable bonds is 9. The number of aliphatic hydroxyl groups excluding tert-OH is 1. The molecule has 0 unspecified atom stereocenters. The highest BCUT2D eigenvalue weighted by atomic mass is 32.2. The van der Waals surface area contributed by atoms with E-state index in [2.05, 4.69) is 20.4 Å². The molecular weight excluding hydrogens is 456 g/mol. The van der Waals surface area contributed by atoms with E-state index in [4.69, 9.17) is 14.7 Å². The third-order valence-electron chi connectivity index (χ3n) is 4.63. The van der Waals surface area contributed by atoms with Gasteiger partial charge in [-0.2, -0.15) is 0 Å². The summed E-state index contributed by atoms with van der Waals surface area (Å²) < 4.78 is 29.9. The van der Waals surface area contributed by atoms with Crippen LogP contribution in [0.25, 0.3) is 10.3 Å². The number of methoxy groups -OCH3 is 1. The van der Waals surface area contributed by atoms with Crippen LogP contribution in [-0.4, -0.2) is 60.7 Å². The summed E-state index contributed by atoms with van der Waals surface area (Å²) in [4.78, 5) is 27.3. The van der Waals surface area contributed by atoms with Gasteiger partial charge in [0.05, 0.1) is 23.9 Å². The van der Waals surface area contributed by atoms with Gasteiger partial charge < -0.3 is 14.7 Å². The summed E-state index contributed by atoms with van der Waals surface area (Å²) in [6, 6.07) is 9.30. The van der Waals surface area contributed by atoms with Crippen molar-refractivity contribution in [2.24, 2.45) is 5.16 Å². The number of hydrogen-bond donors (Lipinski definition) is 2. The molecule has 2 N–H and O–H groups in total. The van der Waals surface area contributed by atoms with Gasteiger partial charge in [-0.1, -0.05) is 28.6 Å². The normalized spacial score (nSPS) is 14.4. The predicted molar refractivity (Wildman–Crippen MR) is 119 cm³/mol. The highest BCUT2D eigenvalue weighted by Gasteiger charge is 2.36. The number of thiazole rings is 1. The van der Waals surface area contributed by atoms with E-state index in [1.807, 2.05) is 0 Å². The van der Waals surface area contributed by atoms with Gasteiger partial charge in [-0.05, 0) is 31.0 Å². The summed E-state index contributed by atoms with van der Waals surface area (Å²) in [7, 11) is -1.84. The lowest BCUT2D eigenvalue weighted by molar-refractivity contribution is -0.110. The second-order valence-electron chi connectivity index (χ2n) is 6.92. The highest BCUT2D eigenvalue weighted by Crippen LogP contribution is 2.33. The number of aromatic nitrogens is 2. The zero-order chi connectivity index (χ0) is 22.7. The number of amides is 1. The maximum Gasteiger partial charge on any atom is 0.280 e. The Bertz CT molecular complexity index is 1270. The molecule has 32 heavy (non-hydrogen) atoms. The molecule has 0 saturated heterocycles. The first-order valence-electron chi connectivity index (χ1n) is 9.70. The smallest absolute Gasteiger partial charge is 0.280 e. The highest BCUT2D eigenvalue weighted by molar-refractivity contribution is 7.92.